The average Bonchev–Trinajstić information content (AvgIpc) is 2.38. The van der Waals surface area contributed by atoms with Crippen LogP contribution in [0.25, 0.3) is 0 Å². The second-order valence-corrected chi connectivity index (χ2v) is 4.11. The molecule has 2 heterocycles. The van der Waals surface area contributed by atoms with E-state index in [0.29, 0.717) is 11.9 Å². The van der Waals surface area contributed by atoms with Gasteiger partial charge in [-0.2, -0.15) is 4.98 Å². The standard InChI is InChI=1S/C12H19N3O2/c1-16-7-3-4-9-8-13-10-5-6-11(17-2)15-12(10)14-9/h5-6,9,13H,3-4,7-8H2,1-2H3,(H,14,15). The van der Waals surface area contributed by atoms with Gasteiger partial charge >= 0.3 is 0 Å². The lowest BCUT2D eigenvalue weighted by molar-refractivity contribution is 0.191. The Balaban J connectivity index is 1.96. The largest absolute Gasteiger partial charge is 0.481 e. The molecule has 0 amide bonds. The first-order chi connectivity index (χ1) is 8.33. The van der Waals surface area contributed by atoms with Gasteiger partial charge in [-0.05, 0) is 18.9 Å². The fourth-order valence-electron chi connectivity index (χ4n) is 1.93. The van der Waals surface area contributed by atoms with Gasteiger partial charge in [0.1, 0.15) is 0 Å². The van der Waals surface area contributed by atoms with E-state index in [1.54, 1.807) is 14.2 Å². The number of ether oxygens (including phenoxy) is 2. The number of nitrogens with zero attached hydrogens (tertiary/aromatic N) is 1. The number of rotatable bonds is 5. The van der Waals surface area contributed by atoms with Crippen molar-refractivity contribution in [2.24, 2.45) is 0 Å². The van der Waals surface area contributed by atoms with Crippen molar-refractivity contribution >= 4 is 11.5 Å². The molecule has 2 rings (SSSR count). The summed E-state index contributed by atoms with van der Waals surface area (Å²) in [5.74, 6) is 1.51. The van der Waals surface area contributed by atoms with E-state index in [0.717, 1.165) is 37.5 Å². The summed E-state index contributed by atoms with van der Waals surface area (Å²) >= 11 is 0. The highest BCUT2D eigenvalue weighted by molar-refractivity contribution is 5.67. The van der Waals surface area contributed by atoms with E-state index in [4.69, 9.17) is 9.47 Å². The highest BCUT2D eigenvalue weighted by Crippen LogP contribution is 2.27. The maximum atomic E-state index is 5.12. The summed E-state index contributed by atoms with van der Waals surface area (Å²) in [5.41, 5.74) is 1.04. The van der Waals surface area contributed by atoms with Crippen molar-refractivity contribution in [2.75, 3.05) is 38.0 Å². The zero-order chi connectivity index (χ0) is 12.1. The van der Waals surface area contributed by atoms with Gasteiger partial charge in [-0.3, -0.25) is 0 Å². The molecule has 5 heteroatoms. The molecule has 0 saturated heterocycles. The van der Waals surface area contributed by atoms with E-state index in [-0.39, 0.29) is 0 Å². The maximum Gasteiger partial charge on any atom is 0.215 e. The molecular weight excluding hydrogens is 218 g/mol. The summed E-state index contributed by atoms with van der Waals surface area (Å²) < 4.78 is 10.2. The Morgan fingerprint density at radius 3 is 3.06 bits per heavy atom. The molecule has 5 nitrogen and oxygen atoms in total. The van der Waals surface area contributed by atoms with Crippen LogP contribution in [0.15, 0.2) is 12.1 Å². The molecule has 0 bridgehead atoms. The van der Waals surface area contributed by atoms with Crippen molar-refractivity contribution in [2.45, 2.75) is 18.9 Å². The van der Waals surface area contributed by atoms with Crippen LogP contribution >= 0.6 is 0 Å². The van der Waals surface area contributed by atoms with Crippen LogP contribution in [0.4, 0.5) is 11.5 Å². The topological polar surface area (TPSA) is 55.4 Å². The van der Waals surface area contributed by atoms with Gasteiger partial charge in [0.2, 0.25) is 5.88 Å². The van der Waals surface area contributed by atoms with Crippen LogP contribution in [0.2, 0.25) is 0 Å². The molecule has 1 aromatic heterocycles. The molecular formula is C12H19N3O2. The minimum atomic E-state index is 0.400. The Bertz CT molecular complexity index is 371. The molecule has 1 atom stereocenters. The van der Waals surface area contributed by atoms with Gasteiger partial charge in [0.05, 0.1) is 12.8 Å². The van der Waals surface area contributed by atoms with Gasteiger partial charge in [0.15, 0.2) is 5.82 Å². The van der Waals surface area contributed by atoms with Crippen molar-refractivity contribution in [1.82, 2.24) is 4.98 Å². The fourth-order valence-corrected chi connectivity index (χ4v) is 1.93. The summed E-state index contributed by atoms with van der Waals surface area (Å²) in [6, 6.07) is 4.25. The molecule has 0 fully saturated rings. The first kappa shape index (κ1) is 12.0. The molecule has 1 aliphatic heterocycles. The van der Waals surface area contributed by atoms with E-state index in [1.807, 2.05) is 12.1 Å². The number of methoxy groups -OCH3 is 2. The Labute approximate surface area is 102 Å². The minimum absolute atomic E-state index is 0.400. The van der Waals surface area contributed by atoms with Crippen molar-refractivity contribution < 1.29 is 9.47 Å². The van der Waals surface area contributed by atoms with Crippen molar-refractivity contribution in [3.63, 3.8) is 0 Å². The van der Waals surface area contributed by atoms with E-state index < -0.39 is 0 Å². The highest BCUT2D eigenvalue weighted by Gasteiger charge is 2.18. The number of hydrogen-bond donors (Lipinski definition) is 2. The van der Waals surface area contributed by atoms with Gasteiger partial charge in [-0.1, -0.05) is 0 Å². The fraction of sp³-hybridized carbons (Fsp3) is 0.583. The zero-order valence-electron chi connectivity index (χ0n) is 10.3. The first-order valence-corrected chi connectivity index (χ1v) is 5.88. The second-order valence-electron chi connectivity index (χ2n) is 4.11. The van der Waals surface area contributed by atoms with Gasteiger partial charge in [0.25, 0.3) is 0 Å². The zero-order valence-corrected chi connectivity index (χ0v) is 10.3. The number of anilines is 2. The van der Waals surface area contributed by atoms with Crippen LogP contribution in [0.1, 0.15) is 12.8 Å². The molecule has 94 valence electrons. The lowest BCUT2D eigenvalue weighted by Crippen LogP contribution is -2.33. The van der Waals surface area contributed by atoms with E-state index >= 15 is 0 Å². The molecule has 17 heavy (non-hydrogen) atoms. The smallest absolute Gasteiger partial charge is 0.215 e. The summed E-state index contributed by atoms with van der Waals surface area (Å²) in [4.78, 5) is 4.38. The number of nitrogens with one attached hydrogen (secondary N) is 2. The van der Waals surface area contributed by atoms with Crippen LogP contribution in [-0.2, 0) is 4.74 Å². The Kier molecular flexibility index (Phi) is 4.03. The van der Waals surface area contributed by atoms with Gasteiger partial charge < -0.3 is 20.1 Å². The normalized spacial score (nSPS) is 17.9. The van der Waals surface area contributed by atoms with Gasteiger partial charge in [0, 0.05) is 32.4 Å². The monoisotopic (exact) mass is 237 g/mol. The third-order valence-electron chi connectivity index (χ3n) is 2.86. The first-order valence-electron chi connectivity index (χ1n) is 5.88. The molecule has 1 aliphatic rings. The summed E-state index contributed by atoms with van der Waals surface area (Å²) in [6.07, 6.45) is 2.12. The van der Waals surface area contributed by atoms with Gasteiger partial charge in [-0.25, -0.2) is 0 Å². The molecule has 0 radical (unpaired) electrons. The molecule has 0 aliphatic carbocycles. The third-order valence-corrected chi connectivity index (χ3v) is 2.86. The van der Waals surface area contributed by atoms with Crippen molar-refractivity contribution in [1.29, 1.82) is 0 Å². The number of hydrogen-bond acceptors (Lipinski definition) is 5. The predicted molar refractivity (Wildman–Crippen MR) is 67.8 cm³/mol. The quantitative estimate of drug-likeness (QED) is 0.764. The van der Waals surface area contributed by atoms with Crippen LogP contribution in [0, 0.1) is 0 Å². The number of aromatic nitrogens is 1. The molecule has 0 saturated carbocycles. The average molecular weight is 237 g/mol. The van der Waals surface area contributed by atoms with Crippen LogP contribution < -0.4 is 15.4 Å². The van der Waals surface area contributed by atoms with Crippen LogP contribution in [0.5, 0.6) is 5.88 Å². The maximum absolute atomic E-state index is 5.12. The highest BCUT2D eigenvalue weighted by atomic mass is 16.5. The van der Waals surface area contributed by atoms with Crippen molar-refractivity contribution in [3.8, 4) is 5.88 Å². The number of pyridine rings is 1. The van der Waals surface area contributed by atoms with E-state index in [2.05, 4.69) is 15.6 Å². The molecule has 0 spiro atoms. The molecule has 1 aromatic rings. The summed E-state index contributed by atoms with van der Waals surface area (Å²) in [5, 5.41) is 6.79. The lowest BCUT2D eigenvalue weighted by Gasteiger charge is -2.27. The Morgan fingerprint density at radius 2 is 2.29 bits per heavy atom. The molecule has 2 N–H and O–H groups in total. The van der Waals surface area contributed by atoms with Gasteiger partial charge in [-0.15, -0.1) is 0 Å². The summed E-state index contributed by atoms with van der Waals surface area (Å²) in [7, 11) is 3.36. The molecule has 1 unspecified atom stereocenters. The van der Waals surface area contributed by atoms with Crippen LogP contribution in [0.3, 0.4) is 0 Å². The lowest BCUT2D eigenvalue weighted by atomic mass is 10.1. The van der Waals surface area contributed by atoms with E-state index in [1.165, 1.54) is 0 Å². The second kappa shape index (κ2) is 5.72. The number of fused-ring (bicyclic) bond motifs is 1. The van der Waals surface area contributed by atoms with E-state index in [9.17, 15) is 0 Å². The van der Waals surface area contributed by atoms with Crippen molar-refractivity contribution in [3.05, 3.63) is 12.1 Å². The molecule has 0 aromatic carbocycles. The summed E-state index contributed by atoms with van der Waals surface area (Å²) in [6.45, 7) is 1.72. The SMILES string of the molecule is COCCCC1CNc2ccc(OC)nc2N1. The van der Waals surface area contributed by atoms with Crippen LogP contribution in [-0.4, -0.2) is 38.4 Å². The predicted octanol–water partition coefficient (Wildman–Crippen LogP) is 1.72. The third kappa shape index (κ3) is 3.00. The Morgan fingerprint density at radius 1 is 1.41 bits per heavy atom. The Hall–Kier alpha value is -1.49. The minimum Gasteiger partial charge on any atom is -0.481 e.